The van der Waals surface area contributed by atoms with Crippen molar-refractivity contribution < 1.29 is 22.3 Å². The normalized spacial score (nSPS) is 24.9. The number of ether oxygens (including phenoxy) is 1. The summed E-state index contributed by atoms with van der Waals surface area (Å²) in [5.41, 5.74) is -0.511. The first-order valence-electron chi connectivity index (χ1n) is 12.6. The molecular formula is C29H34F4O. The zero-order valence-corrected chi connectivity index (χ0v) is 20.1. The van der Waals surface area contributed by atoms with Gasteiger partial charge < -0.3 is 4.74 Å². The van der Waals surface area contributed by atoms with E-state index in [1.54, 1.807) is 0 Å². The van der Waals surface area contributed by atoms with Crippen LogP contribution in [-0.2, 0) is 0 Å². The molecule has 2 atom stereocenters. The highest BCUT2D eigenvalue weighted by Crippen LogP contribution is 2.40. The summed E-state index contributed by atoms with van der Waals surface area (Å²) in [7, 11) is 0. The second-order valence-corrected chi connectivity index (χ2v) is 10.1. The van der Waals surface area contributed by atoms with Crippen LogP contribution < -0.4 is 4.74 Å². The fourth-order valence-corrected chi connectivity index (χ4v) is 5.60. The van der Waals surface area contributed by atoms with Crippen LogP contribution in [0, 0.1) is 53.9 Å². The molecule has 0 saturated heterocycles. The van der Waals surface area contributed by atoms with Crippen molar-refractivity contribution in [2.75, 3.05) is 6.61 Å². The van der Waals surface area contributed by atoms with Gasteiger partial charge in [-0.1, -0.05) is 37.6 Å². The number of benzene rings is 2. The van der Waals surface area contributed by atoms with Gasteiger partial charge in [-0.15, -0.1) is 0 Å². The van der Waals surface area contributed by atoms with E-state index in [9.17, 15) is 17.6 Å². The molecule has 0 amide bonds. The maximum absolute atomic E-state index is 14.7. The van der Waals surface area contributed by atoms with E-state index in [4.69, 9.17) is 4.74 Å². The van der Waals surface area contributed by atoms with E-state index >= 15 is 0 Å². The summed E-state index contributed by atoms with van der Waals surface area (Å²) >= 11 is 0. The fraction of sp³-hybridized carbons (Fsp3) is 0.517. The van der Waals surface area contributed by atoms with E-state index in [1.165, 1.54) is 56.9 Å². The summed E-state index contributed by atoms with van der Waals surface area (Å²) in [5.74, 6) is -2.40. The molecule has 184 valence electrons. The van der Waals surface area contributed by atoms with Crippen LogP contribution in [0.15, 0.2) is 36.4 Å². The molecular weight excluding hydrogens is 440 g/mol. The molecule has 1 saturated carbocycles. The van der Waals surface area contributed by atoms with Crippen molar-refractivity contribution in [2.45, 2.75) is 65.2 Å². The third-order valence-electron chi connectivity index (χ3n) is 7.74. The van der Waals surface area contributed by atoms with Crippen LogP contribution >= 0.6 is 0 Å². The Labute approximate surface area is 200 Å². The van der Waals surface area contributed by atoms with E-state index in [2.05, 4.69) is 19.1 Å². The average molecular weight is 475 g/mol. The van der Waals surface area contributed by atoms with Gasteiger partial charge in [0, 0.05) is 11.1 Å². The second-order valence-electron chi connectivity index (χ2n) is 10.1. The Morgan fingerprint density at radius 1 is 0.765 bits per heavy atom. The third-order valence-corrected chi connectivity index (χ3v) is 7.74. The lowest BCUT2D eigenvalue weighted by Gasteiger charge is -2.35. The second kappa shape index (κ2) is 11.0. The molecule has 0 heterocycles. The smallest absolute Gasteiger partial charge is 0.201 e. The maximum Gasteiger partial charge on any atom is 0.201 e. The Morgan fingerprint density at radius 3 is 2.09 bits per heavy atom. The lowest BCUT2D eigenvalue weighted by Crippen LogP contribution is -2.25. The van der Waals surface area contributed by atoms with Gasteiger partial charge in [0.05, 0.1) is 6.61 Å². The predicted molar refractivity (Wildman–Crippen MR) is 128 cm³/mol. The summed E-state index contributed by atoms with van der Waals surface area (Å²) in [5, 5.41) is 0. The van der Waals surface area contributed by atoms with Gasteiger partial charge >= 0.3 is 0 Å². The number of hydrogen-bond acceptors (Lipinski definition) is 1. The van der Waals surface area contributed by atoms with Crippen LogP contribution in [0.3, 0.4) is 0 Å². The summed E-state index contributed by atoms with van der Waals surface area (Å²) in [6.07, 6.45) is 14.2. The summed E-state index contributed by atoms with van der Waals surface area (Å²) in [4.78, 5) is 0. The standard InChI is InChI=1S/C29H34F4O/c1-3-4-19-6-10-21(11-7-19)22-12-8-20(9-13-22)17-34-25-16-15-24(28(32)29(25)33)23-14-5-18(2)26(30)27(23)31/h5-6,10,14-16,19-22H,3-4,7-9,11-13,17H2,1-2H3. The molecule has 0 aromatic heterocycles. The Kier molecular flexibility index (Phi) is 8.00. The van der Waals surface area contributed by atoms with Gasteiger partial charge in [0.15, 0.2) is 23.2 Å². The monoisotopic (exact) mass is 474 g/mol. The highest BCUT2D eigenvalue weighted by molar-refractivity contribution is 5.66. The molecule has 34 heavy (non-hydrogen) atoms. The Bertz CT molecular complexity index is 1020. The van der Waals surface area contributed by atoms with Crippen molar-refractivity contribution in [1.29, 1.82) is 0 Å². The van der Waals surface area contributed by atoms with Crippen LogP contribution in [0.1, 0.15) is 63.9 Å². The van der Waals surface area contributed by atoms with Crippen LogP contribution in [0.5, 0.6) is 5.75 Å². The molecule has 2 aromatic rings. The summed E-state index contributed by atoms with van der Waals surface area (Å²) in [6.45, 7) is 3.98. The fourth-order valence-electron chi connectivity index (χ4n) is 5.60. The molecule has 0 aliphatic heterocycles. The summed E-state index contributed by atoms with van der Waals surface area (Å²) in [6, 6.07) is 5.16. The molecule has 1 nitrogen and oxygen atoms in total. The Balaban J connectivity index is 1.33. The first-order chi connectivity index (χ1) is 16.4. The van der Waals surface area contributed by atoms with Crippen molar-refractivity contribution in [2.24, 2.45) is 23.7 Å². The van der Waals surface area contributed by atoms with Gasteiger partial charge in [0.1, 0.15) is 0 Å². The van der Waals surface area contributed by atoms with Gasteiger partial charge in [-0.3, -0.25) is 0 Å². The first kappa shape index (κ1) is 24.8. The Hall–Kier alpha value is -2.30. The van der Waals surface area contributed by atoms with Gasteiger partial charge in [-0.05, 0) is 93.2 Å². The predicted octanol–water partition coefficient (Wildman–Crippen LogP) is 8.79. The zero-order valence-electron chi connectivity index (χ0n) is 20.1. The third kappa shape index (κ3) is 5.34. The Morgan fingerprint density at radius 2 is 1.44 bits per heavy atom. The summed E-state index contributed by atoms with van der Waals surface area (Å²) < 4.78 is 63.2. The number of rotatable bonds is 7. The minimum atomic E-state index is -1.23. The van der Waals surface area contributed by atoms with Crippen LogP contribution in [-0.4, -0.2) is 6.61 Å². The first-order valence-corrected chi connectivity index (χ1v) is 12.6. The molecule has 0 radical (unpaired) electrons. The lowest BCUT2D eigenvalue weighted by molar-refractivity contribution is 0.155. The SMILES string of the molecule is CCCC1C=CC(C2CCC(COc3ccc(-c4ccc(C)c(F)c4F)c(F)c3F)CC2)CC1. The number of halogens is 4. The molecule has 0 bridgehead atoms. The van der Waals surface area contributed by atoms with Crippen LogP contribution in [0.2, 0.25) is 0 Å². The van der Waals surface area contributed by atoms with Gasteiger partial charge in [0.25, 0.3) is 0 Å². The quantitative estimate of drug-likeness (QED) is 0.288. The van der Waals surface area contributed by atoms with E-state index in [0.29, 0.717) is 24.4 Å². The number of aryl methyl sites for hydroxylation is 1. The van der Waals surface area contributed by atoms with E-state index < -0.39 is 23.3 Å². The highest BCUT2D eigenvalue weighted by atomic mass is 19.2. The van der Waals surface area contributed by atoms with Crippen molar-refractivity contribution >= 4 is 0 Å². The van der Waals surface area contributed by atoms with Crippen molar-refractivity contribution in [1.82, 2.24) is 0 Å². The largest absolute Gasteiger partial charge is 0.490 e. The molecule has 2 aliphatic rings. The molecule has 2 unspecified atom stereocenters. The van der Waals surface area contributed by atoms with Crippen molar-refractivity contribution in [3.05, 3.63) is 65.2 Å². The van der Waals surface area contributed by atoms with E-state index in [-0.39, 0.29) is 22.4 Å². The van der Waals surface area contributed by atoms with Crippen molar-refractivity contribution in [3.63, 3.8) is 0 Å². The molecule has 2 aliphatic carbocycles. The zero-order chi connectivity index (χ0) is 24.2. The van der Waals surface area contributed by atoms with E-state index in [1.807, 2.05) is 0 Å². The number of hydrogen-bond donors (Lipinski definition) is 0. The van der Waals surface area contributed by atoms with Gasteiger partial charge in [-0.25, -0.2) is 13.2 Å². The minimum Gasteiger partial charge on any atom is -0.490 e. The molecule has 1 fully saturated rings. The molecule has 5 heteroatoms. The molecule has 0 spiro atoms. The minimum absolute atomic E-state index is 0.108. The van der Waals surface area contributed by atoms with Crippen LogP contribution in [0.25, 0.3) is 11.1 Å². The number of allylic oxidation sites excluding steroid dienone is 2. The van der Waals surface area contributed by atoms with Crippen LogP contribution in [0.4, 0.5) is 17.6 Å². The topological polar surface area (TPSA) is 9.23 Å². The average Bonchev–Trinajstić information content (AvgIpc) is 2.85. The molecule has 2 aromatic carbocycles. The molecule has 0 N–H and O–H groups in total. The van der Waals surface area contributed by atoms with Crippen molar-refractivity contribution in [3.8, 4) is 16.9 Å². The van der Waals surface area contributed by atoms with Gasteiger partial charge in [0.2, 0.25) is 5.82 Å². The van der Waals surface area contributed by atoms with Gasteiger partial charge in [-0.2, -0.15) is 4.39 Å². The lowest BCUT2D eigenvalue weighted by atomic mass is 9.72. The highest BCUT2D eigenvalue weighted by Gasteiger charge is 2.29. The molecule has 4 rings (SSSR count). The van der Waals surface area contributed by atoms with E-state index in [0.717, 1.165) is 31.6 Å². The maximum atomic E-state index is 14.7.